The van der Waals surface area contributed by atoms with Crippen LogP contribution in [0.4, 0.5) is 5.69 Å². The van der Waals surface area contributed by atoms with E-state index in [1.54, 1.807) is 6.07 Å². The second-order valence-corrected chi connectivity index (χ2v) is 7.62. The summed E-state index contributed by atoms with van der Waals surface area (Å²) in [5.41, 5.74) is 5.38. The average Bonchev–Trinajstić information content (AvgIpc) is 3.23. The third kappa shape index (κ3) is 3.62. The van der Waals surface area contributed by atoms with Crippen LogP contribution in [0.5, 0.6) is 0 Å². The minimum Gasteiger partial charge on any atom is -0.322 e. The Hall–Kier alpha value is -2.59. The molecular weight excluding hydrogens is 358 g/mol. The largest absolute Gasteiger partial charge is 0.322 e. The number of imidazole rings is 1. The Kier molecular flexibility index (Phi) is 4.75. The van der Waals surface area contributed by atoms with Crippen LogP contribution in [0, 0.1) is 13.8 Å². The van der Waals surface area contributed by atoms with Crippen LogP contribution in [0.1, 0.15) is 23.4 Å². The zero-order valence-electron chi connectivity index (χ0n) is 15.6. The van der Waals surface area contributed by atoms with Crippen molar-refractivity contribution >= 4 is 23.2 Å². The van der Waals surface area contributed by atoms with Gasteiger partial charge in [-0.15, -0.1) is 0 Å². The van der Waals surface area contributed by atoms with Crippen molar-refractivity contribution in [1.82, 2.24) is 4.57 Å². The molecule has 2 heterocycles. The lowest BCUT2D eigenvalue weighted by Gasteiger charge is -2.08. The number of halogens is 1. The van der Waals surface area contributed by atoms with Gasteiger partial charge in [0.05, 0.1) is 13.0 Å². The smallest absolute Gasteiger partial charge is 0.266 e. The molecule has 1 aliphatic heterocycles. The number of nitrogens with zero attached hydrogens (tertiary/aromatic N) is 2. The fourth-order valence-corrected chi connectivity index (χ4v) is 3.85. The molecule has 4 rings (SSSR count). The number of hydrogen-bond acceptors (Lipinski definition) is 1. The fourth-order valence-electron chi connectivity index (χ4n) is 3.67. The van der Waals surface area contributed by atoms with Crippen LogP contribution in [0.3, 0.4) is 0 Å². The molecule has 0 unspecified atom stereocenters. The molecular formula is C22H23ClN3O+. The van der Waals surface area contributed by atoms with Crippen molar-refractivity contribution in [3.05, 3.63) is 70.6 Å². The van der Waals surface area contributed by atoms with E-state index in [4.69, 9.17) is 11.6 Å². The number of fused-ring (bicyclic) bond motifs is 1. The monoisotopic (exact) mass is 380 g/mol. The molecule has 27 heavy (non-hydrogen) atoms. The van der Waals surface area contributed by atoms with Gasteiger partial charge in [0, 0.05) is 16.3 Å². The number of nitrogens with one attached hydrogen (secondary N) is 1. The first-order valence-electron chi connectivity index (χ1n) is 9.26. The van der Waals surface area contributed by atoms with Crippen LogP contribution < -0.4 is 9.88 Å². The van der Waals surface area contributed by atoms with Crippen LogP contribution in [-0.2, 0) is 24.3 Å². The van der Waals surface area contributed by atoms with Gasteiger partial charge in [-0.05, 0) is 38.0 Å². The average molecular weight is 381 g/mol. The summed E-state index contributed by atoms with van der Waals surface area (Å²) in [6.45, 7) is 5.35. The second kappa shape index (κ2) is 7.20. The molecule has 4 nitrogen and oxygen atoms in total. The Morgan fingerprint density at radius 2 is 1.96 bits per heavy atom. The van der Waals surface area contributed by atoms with Crippen molar-refractivity contribution in [2.75, 3.05) is 5.32 Å². The molecule has 0 saturated heterocycles. The van der Waals surface area contributed by atoms with Gasteiger partial charge in [-0.3, -0.25) is 4.79 Å². The lowest BCUT2D eigenvalue weighted by molar-refractivity contribution is -0.690. The van der Waals surface area contributed by atoms with E-state index in [9.17, 15) is 4.79 Å². The van der Waals surface area contributed by atoms with E-state index in [1.165, 1.54) is 22.6 Å². The second-order valence-electron chi connectivity index (χ2n) is 7.19. The summed E-state index contributed by atoms with van der Waals surface area (Å²) in [5, 5.41) is 3.61. The van der Waals surface area contributed by atoms with Gasteiger partial charge in [0.15, 0.2) is 12.2 Å². The van der Waals surface area contributed by atoms with Crippen molar-refractivity contribution in [1.29, 1.82) is 0 Å². The zero-order valence-corrected chi connectivity index (χ0v) is 16.4. The third-order valence-electron chi connectivity index (χ3n) is 5.13. The molecule has 0 radical (unpaired) electrons. The van der Waals surface area contributed by atoms with E-state index in [1.807, 2.05) is 19.1 Å². The minimum absolute atomic E-state index is 0.0406. The van der Waals surface area contributed by atoms with Crippen molar-refractivity contribution < 1.29 is 9.36 Å². The number of amides is 1. The summed E-state index contributed by atoms with van der Waals surface area (Å²) in [4.78, 5) is 12.7. The number of benzene rings is 2. The molecule has 0 aliphatic carbocycles. The van der Waals surface area contributed by atoms with E-state index >= 15 is 0 Å². The first kappa shape index (κ1) is 17.8. The van der Waals surface area contributed by atoms with Gasteiger partial charge in [-0.1, -0.05) is 47.5 Å². The van der Waals surface area contributed by atoms with E-state index in [0.29, 0.717) is 11.6 Å². The summed E-state index contributed by atoms with van der Waals surface area (Å²) in [6.07, 6.45) is 4.21. The standard InChI is InChI=1S/C22H22ClN3O/c1-15-5-8-17(9-6-15)20-13-25(22-4-3-11-26(20)22)14-21(27)24-19-12-18(23)10-7-16(19)2/h5-10,12-13H,3-4,11,14H2,1-2H3/p+1. The van der Waals surface area contributed by atoms with Crippen LogP contribution in [-0.4, -0.2) is 10.5 Å². The first-order chi connectivity index (χ1) is 13.0. The lowest BCUT2D eigenvalue weighted by Crippen LogP contribution is -2.42. The Labute approximate surface area is 164 Å². The highest BCUT2D eigenvalue weighted by Crippen LogP contribution is 2.25. The number of aromatic nitrogens is 2. The molecule has 3 aromatic rings. The Balaban J connectivity index is 1.59. The summed E-state index contributed by atoms with van der Waals surface area (Å²) < 4.78 is 4.42. The first-order valence-corrected chi connectivity index (χ1v) is 9.64. The minimum atomic E-state index is -0.0406. The van der Waals surface area contributed by atoms with E-state index in [0.717, 1.165) is 30.6 Å². The van der Waals surface area contributed by atoms with Crippen LogP contribution in [0.25, 0.3) is 11.3 Å². The Bertz CT molecular complexity index is 1010. The number of rotatable bonds is 4. The molecule has 0 bridgehead atoms. The van der Waals surface area contributed by atoms with E-state index < -0.39 is 0 Å². The number of carbonyl (C=O) groups is 1. The molecule has 2 aromatic carbocycles. The predicted octanol–water partition coefficient (Wildman–Crippen LogP) is 4.30. The quantitative estimate of drug-likeness (QED) is 0.673. The third-order valence-corrected chi connectivity index (χ3v) is 5.36. The highest BCUT2D eigenvalue weighted by molar-refractivity contribution is 6.31. The van der Waals surface area contributed by atoms with Gasteiger partial charge in [0.25, 0.3) is 11.7 Å². The van der Waals surface area contributed by atoms with E-state index in [2.05, 4.69) is 51.8 Å². The maximum absolute atomic E-state index is 12.7. The van der Waals surface area contributed by atoms with Crippen molar-refractivity contribution in [2.45, 2.75) is 39.8 Å². The predicted molar refractivity (Wildman–Crippen MR) is 108 cm³/mol. The van der Waals surface area contributed by atoms with Crippen molar-refractivity contribution in [3.8, 4) is 11.3 Å². The normalized spacial score (nSPS) is 12.9. The van der Waals surface area contributed by atoms with Gasteiger partial charge < -0.3 is 5.32 Å². The molecule has 1 N–H and O–H groups in total. The van der Waals surface area contributed by atoms with Crippen molar-refractivity contribution in [3.63, 3.8) is 0 Å². The van der Waals surface area contributed by atoms with Crippen molar-refractivity contribution in [2.24, 2.45) is 0 Å². The summed E-state index contributed by atoms with van der Waals surface area (Å²) in [5.74, 6) is 1.17. The van der Waals surface area contributed by atoms with Crippen LogP contribution >= 0.6 is 11.6 Å². The topological polar surface area (TPSA) is 37.9 Å². The lowest BCUT2D eigenvalue weighted by atomic mass is 10.1. The van der Waals surface area contributed by atoms with Gasteiger partial charge >= 0.3 is 0 Å². The van der Waals surface area contributed by atoms with Crippen LogP contribution in [0.2, 0.25) is 5.02 Å². The Morgan fingerprint density at radius 3 is 2.74 bits per heavy atom. The SMILES string of the molecule is Cc1ccc(-c2c[n+](CC(=O)Nc3cc(Cl)ccc3C)c3n2CCC3)cc1. The molecule has 5 heteroatoms. The number of aryl methyl sites for hydroxylation is 2. The number of carbonyl (C=O) groups excluding carboxylic acids is 1. The summed E-state index contributed by atoms with van der Waals surface area (Å²) in [6, 6.07) is 14.1. The zero-order chi connectivity index (χ0) is 19.0. The molecule has 0 saturated carbocycles. The Morgan fingerprint density at radius 1 is 1.19 bits per heavy atom. The van der Waals surface area contributed by atoms with Crippen LogP contribution in [0.15, 0.2) is 48.7 Å². The maximum Gasteiger partial charge on any atom is 0.266 e. The molecule has 0 fully saturated rings. The summed E-state index contributed by atoms with van der Waals surface area (Å²) in [7, 11) is 0. The molecule has 138 valence electrons. The molecule has 0 spiro atoms. The number of hydrogen-bond donors (Lipinski definition) is 1. The summed E-state index contributed by atoms with van der Waals surface area (Å²) >= 11 is 6.06. The highest BCUT2D eigenvalue weighted by Gasteiger charge is 2.29. The van der Waals surface area contributed by atoms with E-state index in [-0.39, 0.29) is 5.91 Å². The van der Waals surface area contributed by atoms with Gasteiger partial charge in [-0.25, -0.2) is 9.13 Å². The van der Waals surface area contributed by atoms with Gasteiger partial charge in [0.1, 0.15) is 6.20 Å². The molecule has 0 atom stereocenters. The fraction of sp³-hybridized carbons (Fsp3) is 0.273. The molecule has 1 aromatic heterocycles. The van der Waals surface area contributed by atoms with Gasteiger partial charge in [-0.2, -0.15) is 0 Å². The molecule has 1 aliphatic rings. The number of anilines is 1. The maximum atomic E-state index is 12.7. The van der Waals surface area contributed by atoms with Gasteiger partial charge in [0.2, 0.25) is 0 Å². The highest BCUT2D eigenvalue weighted by atomic mass is 35.5. The molecule has 1 amide bonds.